The minimum atomic E-state index is -0.981. The molecule has 1 aliphatic carbocycles. The molecular formula is C11H17NO4. The van der Waals surface area contributed by atoms with Crippen molar-refractivity contribution >= 4 is 11.9 Å². The Morgan fingerprint density at radius 2 is 1.94 bits per heavy atom. The molecule has 2 fully saturated rings. The summed E-state index contributed by atoms with van der Waals surface area (Å²) >= 11 is 0. The molecule has 2 rings (SSSR count). The molecule has 2 aliphatic rings. The molecule has 2 atom stereocenters. The molecule has 1 aliphatic heterocycles. The number of carboxylic acid groups (broad SMARTS) is 1. The molecule has 0 aromatic heterocycles. The average Bonchev–Trinajstić information content (AvgIpc) is 2.64. The maximum Gasteiger partial charge on any atom is 0.332 e. The van der Waals surface area contributed by atoms with Gasteiger partial charge in [-0.3, -0.25) is 4.79 Å². The number of hydrogen-bond acceptors (Lipinski definition) is 3. The van der Waals surface area contributed by atoms with Gasteiger partial charge in [0, 0.05) is 5.54 Å². The molecule has 0 radical (unpaired) electrons. The average molecular weight is 227 g/mol. The highest BCUT2D eigenvalue weighted by molar-refractivity contribution is 5.83. The van der Waals surface area contributed by atoms with Gasteiger partial charge in [0.2, 0.25) is 5.91 Å². The molecule has 1 amide bonds. The van der Waals surface area contributed by atoms with Crippen LogP contribution in [0.25, 0.3) is 0 Å². The Balaban J connectivity index is 1.84. The monoisotopic (exact) mass is 227 g/mol. The van der Waals surface area contributed by atoms with Crippen LogP contribution in [0.1, 0.15) is 39.0 Å². The summed E-state index contributed by atoms with van der Waals surface area (Å²) in [5.74, 6) is -1.14. The first kappa shape index (κ1) is 11.4. The Labute approximate surface area is 94.2 Å². The van der Waals surface area contributed by atoms with Crippen LogP contribution in [-0.4, -0.2) is 34.7 Å². The van der Waals surface area contributed by atoms with Crippen LogP contribution in [0.2, 0.25) is 0 Å². The van der Waals surface area contributed by atoms with E-state index in [-0.39, 0.29) is 11.4 Å². The Kier molecular flexibility index (Phi) is 2.88. The van der Waals surface area contributed by atoms with Crippen LogP contribution in [0, 0.1) is 0 Å². The van der Waals surface area contributed by atoms with E-state index in [1.807, 2.05) is 6.92 Å². The third-order valence-electron chi connectivity index (χ3n) is 3.47. The van der Waals surface area contributed by atoms with Gasteiger partial charge in [0.05, 0.1) is 0 Å². The Morgan fingerprint density at radius 3 is 2.38 bits per heavy atom. The van der Waals surface area contributed by atoms with E-state index in [1.54, 1.807) is 0 Å². The summed E-state index contributed by atoms with van der Waals surface area (Å²) in [5, 5.41) is 11.7. The van der Waals surface area contributed by atoms with E-state index in [9.17, 15) is 9.59 Å². The van der Waals surface area contributed by atoms with Crippen molar-refractivity contribution < 1.29 is 19.4 Å². The maximum absolute atomic E-state index is 11.8. The molecule has 0 spiro atoms. The Bertz CT molecular complexity index is 311. The summed E-state index contributed by atoms with van der Waals surface area (Å²) in [7, 11) is 0. The molecule has 1 saturated carbocycles. The number of carbonyl (C=O) groups is 2. The highest BCUT2D eigenvalue weighted by Crippen LogP contribution is 2.31. The molecule has 5 heteroatoms. The molecule has 1 heterocycles. The Morgan fingerprint density at radius 1 is 1.31 bits per heavy atom. The SMILES string of the molecule is CC1(NC(=O)C2CCC(C(=O)O)O2)CCC1. The summed E-state index contributed by atoms with van der Waals surface area (Å²) in [5.41, 5.74) is -0.0955. The highest BCUT2D eigenvalue weighted by atomic mass is 16.5. The zero-order chi connectivity index (χ0) is 11.8. The lowest BCUT2D eigenvalue weighted by atomic mass is 9.78. The summed E-state index contributed by atoms with van der Waals surface area (Å²) < 4.78 is 5.19. The zero-order valence-electron chi connectivity index (χ0n) is 9.36. The van der Waals surface area contributed by atoms with Crippen LogP contribution in [0.4, 0.5) is 0 Å². The highest BCUT2D eigenvalue weighted by Gasteiger charge is 2.39. The van der Waals surface area contributed by atoms with E-state index in [0.717, 1.165) is 19.3 Å². The first-order valence-electron chi connectivity index (χ1n) is 5.70. The van der Waals surface area contributed by atoms with E-state index in [4.69, 9.17) is 9.84 Å². The van der Waals surface area contributed by atoms with Gasteiger partial charge < -0.3 is 15.2 Å². The van der Waals surface area contributed by atoms with Gasteiger partial charge in [-0.05, 0) is 39.0 Å². The normalized spacial score (nSPS) is 31.8. The fraction of sp³-hybridized carbons (Fsp3) is 0.818. The number of aliphatic carboxylic acids is 1. The predicted molar refractivity (Wildman–Crippen MR) is 55.9 cm³/mol. The maximum atomic E-state index is 11.8. The molecule has 90 valence electrons. The van der Waals surface area contributed by atoms with Gasteiger partial charge in [-0.2, -0.15) is 0 Å². The second-order valence-electron chi connectivity index (χ2n) is 4.93. The van der Waals surface area contributed by atoms with E-state index < -0.39 is 18.2 Å². The van der Waals surface area contributed by atoms with Gasteiger partial charge >= 0.3 is 5.97 Å². The fourth-order valence-corrected chi connectivity index (χ4v) is 2.22. The van der Waals surface area contributed by atoms with Crippen LogP contribution in [0.3, 0.4) is 0 Å². The summed E-state index contributed by atoms with van der Waals surface area (Å²) in [6, 6.07) is 0. The number of ether oxygens (including phenoxy) is 1. The van der Waals surface area contributed by atoms with Crippen molar-refractivity contribution in [3.63, 3.8) is 0 Å². The molecule has 2 N–H and O–H groups in total. The van der Waals surface area contributed by atoms with Crippen molar-refractivity contribution in [2.24, 2.45) is 0 Å². The largest absolute Gasteiger partial charge is 0.479 e. The minimum absolute atomic E-state index is 0.0955. The van der Waals surface area contributed by atoms with Gasteiger partial charge in [-0.15, -0.1) is 0 Å². The first-order chi connectivity index (χ1) is 7.50. The molecule has 0 aromatic carbocycles. The smallest absolute Gasteiger partial charge is 0.332 e. The number of rotatable bonds is 3. The Hall–Kier alpha value is -1.10. The lowest BCUT2D eigenvalue weighted by Gasteiger charge is -2.39. The lowest BCUT2D eigenvalue weighted by molar-refractivity contribution is -0.152. The van der Waals surface area contributed by atoms with E-state index in [2.05, 4.69) is 5.32 Å². The molecular weight excluding hydrogens is 210 g/mol. The van der Waals surface area contributed by atoms with E-state index in [1.165, 1.54) is 0 Å². The zero-order valence-corrected chi connectivity index (χ0v) is 9.36. The van der Waals surface area contributed by atoms with E-state index >= 15 is 0 Å². The molecule has 0 aromatic rings. The second-order valence-corrected chi connectivity index (χ2v) is 4.93. The fourth-order valence-electron chi connectivity index (χ4n) is 2.22. The predicted octanol–water partition coefficient (Wildman–Crippen LogP) is 0.677. The van der Waals surface area contributed by atoms with Crippen molar-refractivity contribution in [2.75, 3.05) is 0 Å². The molecule has 16 heavy (non-hydrogen) atoms. The number of carbonyl (C=O) groups excluding carboxylic acids is 1. The number of nitrogens with one attached hydrogen (secondary N) is 1. The van der Waals surface area contributed by atoms with Crippen molar-refractivity contribution in [3.05, 3.63) is 0 Å². The van der Waals surface area contributed by atoms with Gasteiger partial charge in [0.15, 0.2) is 6.10 Å². The van der Waals surface area contributed by atoms with Gasteiger partial charge in [-0.1, -0.05) is 0 Å². The van der Waals surface area contributed by atoms with Crippen LogP contribution in [0.5, 0.6) is 0 Å². The minimum Gasteiger partial charge on any atom is -0.479 e. The third kappa shape index (κ3) is 2.19. The first-order valence-corrected chi connectivity index (χ1v) is 5.70. The number of carboxylic acids is 1. The summed E-state index contributed by atoms with van der Waals surface area (Å²) in [6.07, 6.45) is 2.65. The summed E-state index contributed by atoms with van der Waals surface area (Å²) in [4.78, 5) is 22.5. The van der Waals surface area contributed by atoms with Crippen molar-refractivity contribution in [3.8, 4) is 0 Å². The van der Waals surface area contributed by atoms with Gasteiger partial charge in [-0.25, -0.2) is 4.79 Å². The third-order valence-corrected chi connectivity index (χ3v) is 3.47. The van der Waals surface area contributed by atoms with Gasteiger partial charge in [0.25, 0.3) is 0 Å². The molecule has 0 bridgehead atoms. The van der Waals surface area contributed by atoms with Crippen molar-refractivity contribution in [1.82, 2.24) is 5.32 Å². The second kappa shape index (κ2) is 4.05. The van der Waals surface area contributed by atoms with Crippen LogP contribution in [0.15, 0.2) is 0 Å². The topological polar surface area (TPSA) is 75.6 Å². The number of hydrogen-bond donors (Lipinski definition) is 2. The summed E-state index contributed by atoms with van der Waals surface area (Å²) in [6.45, 7) is 2.01. The lowest BCUT2D eigenvalue weighted by Crippen LogP contribution is -2.53. The van der Waals surface area contributed by atoms with Crippen molar-refractivity contribution in [1.29, 1.82) is 0 Å². The van der Waals surface area contributed by atoms with Crippen LogP contribution in [-0.2, 0) is 14.3 Å². The van der Waals surface area contributed by atoms with Crippen LogP contribution < -0.4 is 5.32 Å². The molecule has 1 saturated heterocycles. The van der Waals surface area contributed by atoms with Crippen LogP contribution >= 0.6 is 0 Å². The molecule has 2 unspecified atom stereocenters. The van der Waals surface area contributed by atoms with Crippen molar-refractivity contribution in [2.45, 2.75) is 56.8 Å². The quantitative estimate of drug-likeness (QED) is 0.743. The van der Waals surface area contributed by atoms with E-state index in [0.29, 0.717) is 12.8 Å². The number of amides is 1. The standard InChI is InChI=1S/C11H17NO4/c1-11(5-2-6-11)12-9(13)7-3-4-8(16-7)10(14)15/h7-8H,2-6H2,1H3,(H,12,13)(H,14,15). The molecule has 5 nitrogen and oxygen atoms in total. The van der Waals surface area contributed by atoms with Gasteiger partial charge in [0.1, 0.15) is 6.10 Å².